The van der Waals surface area contributed by atoms with E-state index in [0.29, 0.717) is 0 Å². The van der Waals surface area contributed by atoms with Crippen LogP contribution in [0.5, 0.6) is 0 Å². The summed E-state index contributed by atoms with van der Waals surface area (Å²) in [7, 11) is 1.94. The first kappa shape index (κ1) is 35.9. The number of benzene rings is 3. The molecule has 2 aliphatic rings. The molecular formula is C41H56N2NiO2. The van der Waals surface area contributed by atoms with Gasteiger partial charge in [0, 0.05) is 0 Å². The number of hydrogen-bond acceptors (Lipinski definition) is 3. The van der Waals surface area contributed by atoms with Gasteiger partial charge in [-0.15, -0.1) is 0 Å². The second-order valence-corrected chi connectivity index (χ2v) is 13.4. The van der Waals surface area contributed by atoms with Crippen LogP contribution in [-0.2, 0) is 15.0 Å². The van der Waals surface area contributed by atoms with E-state index < -0.39 is 0 Å². The Labute approximate surface area is 285 Å². The molecule has 2 aromatic rings. The fraction of sp³-hybridized carbons (Fsp3) is 0.512. The monoisotopic (exact) mass is 666 g/mol. The van der Waals surface area contributed by atoms with E-state index in [1.54, 1.807) is 0 Å². The topological polar surface area (TPSA) is 36.7 Å². The molecule has 252 valence electrons. The summed E-state index contributed by atoms with van der Waals surface area (Å²) in [6, 6.07) is 20.4. The Bertz CT molecular complexity index is 1540. The quantitative estimate of drug-likeness (QED) is 0.0535. The first-order valence-electron chi connectivity index (χ1n) is 18.0. The second kappa shape index (κ2) is 19.0. The third-order valence-electron chi connectivity index (χ3n) is 9.40. The SMILES string of the molecule is CCCCCCCCCCCCCCCCN(C)C(=O)c1ccccc1-c1c2cc[c](=[Ni])cc-2oc2cc(N(CC)CC)ccc12. The number of carbonyl (C=O) groups excluding carboxylic acids is 1. The van der Waals surface area contributed by atoms with Crippen LogP contribution >= 0.6 is 0 Å². The Balaban J connectivity index is 1.39. The average molecular weight is 668 g/mol. The zero-order valence-corrected chi connectivity index (χ0v) is 29.8. The van der Waals surface area contributed by atoms with E-state index >= 15 is 0 Å². The predicted molar refractivity (Wildman–Crippen MR) is 192 cm³/mol. The van der Waals surface area contributed by atoms with Crippen LogP contribution in [0.1, 0.15) is 121 Å². The second-order valence-electron chi connectivity index (χ2n) is 12.8. The van der Waals surface area contributed by atoms with Crippen LogP contribution in [0.25, 0.3) is 33.4 Å². The summed E-state index contributed by atoms with van der Waals surface area (Å²) in [5.74, 6) is 0.815. The molecule has 0 bridgehead atoms. The van der Waals surface area contributed by atoms with Gasteiger partial charge >= 0.3 is 203 Å². The molecular weight excluding hydrogens is 611 g/mol. The summed E-state index contributed by atoms with van der Waals surface area (Å²) in [6.07, 6.45) is 18.6. The molecule has 5 heteroatoms. The number of unbranched alkanes of at least 4 members (excludes halogenated alkanes) is 13. The first-order chi connectivity index (χ1) is 22.5. The standard InChI is InChI=1S/C41H56N2O2.Ni/c1-5-8-9-10-11-12-13-14-15-16-17-18-19-24-31-42(4)41(44)35-26-21-20-25-34(35)40-36-27-22-23-28-38(36)45-39-32-33(29-30-37(39)40)43(6-2)7-3;/h20-22,25-30,32H,5-19,24,31H2,1-4H3;. The van der Waals surface area contributed by atoms with E-state index in [0.717, 1.165) is 74.9 Å². The van der Waals surface area contributed by atoms with Gasteiger partial charge in [0.25, 0.3) is 0 Å². The van der Waals surface area contributed by atoms with Crippen molar-refractivity contribution in [1.29, 1.82) is 0 Å². The summed E-state index contributed by atoms with van der Waals surface area (Å²) < 4.78 is 7.25. The van der Waals surface area contributed by atoms with Crippen molar-refractivity contribution in [2.45, 2.75) is 111 Å². The van der Waals surface area contributed by atoms with Crippen molar-refractivity contribution >= 4 is 22.6 Å². The zero-order valence-electron chi connectivity index (χ0n) is 28.8. The molecule has 1 aliphatic carbocycles. The minimum absolute atomic E-state index is 0.0641. The summed E-state index contributed by atoms with van der Waals surface area (Å²) in [6.45, 7) is 9.22. The summed E-state index contributed by atoms with van der Waals surface area (Å²) in [5, 5.41) is 0.999. The van der Waals surface area contributed by atoms with Gasteiger partial charge in [-0.1, -0.05) is 84.0 Å². The van der Waals surface area contributed by atoms with Crippen LogP contribution < -0.4 is 4.90 Å². The van der Waals surface area contributed by atoms with Crippen LogP contribution in [0.2, 0.25) is 0 Å². The third-order valence-corrected chi connectivity index (χ3v) is 9.70. The molecule has 4 rings (SSSR count). The van der Waals surface area contributed by atoms with Gasteiger partial charge in [-0.2, -0.15) is 0 Å². The number of rotatable bonds is 20. The zero-order chi connectivity index (χ0) is 32.7. The van der Waals surface area contributed by atoms with Crippen LogP contribution in [0.3, 0.4) is 0 Å². The van der Waals surface area contributed by atoms with Crippen LogP contribution in [0.4, 0.5) is 5.69 Å². The van der Waals surface area contributed by atoms with Crippen molar-refractivity contribution in [2.75, 3.05) is 31.6 Å². The number of fused-ring (bicyclic) bond motifs is 2. The Morgan fingerprint density at radius 3 is 1.93 bits per heavy atom. The number of anilines is 1. The van der Waals surface area contributed by atoms with Gasteiger partial charge in [-0.3, -0.25) is 0 Å². The van der Waals surface area contributed by atoms with Gasteiger partial charge in [0.05, 0.1) is 0 Å². The van der Waals surface area contributed by atoms with E-state index in [9.17, 15) is 4.79 Å². The van der Waals surface area contributed by atoms with Gasteiger partial charge in [0.2, 0.25) is 0 Å². The first-order valence-corrected chi connectivity index (χ1v) is 18.5. The molecule has 1 heterocycles. The van der Waals surface area contributed by atoms with Crippen molar-refractivity contribution in [3.05, 3.63) is 70.4 Å². The molecule has 0 spiro atoms. The molecule has 0 unspecified atom stereocenters. The van der Waals surface area contributed by atoms with E-state index in [-0.39, 0.29) is 5.91 Å². The van der Waals surface area contributed by atoms with Gasteiger partial charge in [-0.05, 0) is 0 Å². The van der Waals surface area contributed by atoms with Gasteiger partial charge in [0.15, 0.2) is 0 Å². The molecule has 1 amide bonds. The fourth-order valence-electron chi connectivity index (χ4n) is 6.65. The Morgan fingerprint density at radius 1 is 0.696 bits per heavy atom. The molecule has 46 heavy (non-hydrogen) atoms. The van der Waals surface area contributed by atoms with Gasteiger partial charge < -0.3 is 0 Å². The van der Waals surface area contributed by atoms with E-state index in [2.05, 4.69) is 49.9 Å². The molecule has 4 nitrogen and oxygen atoms in total. The summed E-state index contributed by atoms with van der Waals surface area (Å²) in [5.41, 5.74) is 5.58. The van der Waals surface area contributed by atoms with Crippen LogP contribution in [0, 0.1) is 4.14 Å². The Kier molecular flexibility index (Phi) is 14.9. The number of hydrogen-bond donors (Lipinski definition) is 0. The Hall–Kier alpha value is -2.91. The maximum absolute atomic E-state index is 13.9. The number of carbonyl (C=O) groups is 1. The maximum atomic E-state index is 13.9. The molecule has 0 saturated carbocycles. The molecule has 1 aliphatic heterocycles. The normalized spacial score (nSPS) is 11.4. The molecule has 0 fully saturated rings. The van der Waals surface area contributed by atoms with Crippen LogP contribution in [0.15, 0.2) is 65.1 Å². The Morgan fingerprint density at radius 2 is 1.30 bits per heavy atom. The van der Waals surface area contributed by atoms with Gasteiger partial charge in [0.1, 0.15) is 0 Å². The average Bonchev–Trinajstić information content (AvgIpc) is 3.07. The van der Waals surface area contributed by atoms with Crippen molar-refractivity contribution in [3.63, 3.8) is 0 Å². The third kappa shape index (κ3) is 9.80. The van der Waals surface area contributed by atoms with Gasteiger partial charge in [-0.25, -0.2) is 0 Å². The minimum atomic E-state index is 0.0641. The van der Waals surface area contributed by atoms with Crippen molar-refractivity contribution in [3.8, 4) is 22.5 Å². The molecule has 0 aromatic heterocycles. The van der Waals surface area contributed by atoms with Crippen molar-refractivity contribution in [2.24, 2.45) is 0 Å². The molecule has 0 N–H and O–H groups in total. The molecule has 0 atom stereocenters. The fourth-order valence-corrected chi connectivity index (χ4v) is 6.87. The number of nitrogens with zero attached hydrogens (tertiary/aromatic N) is 2. The predicted octanol–water partition coefficient (Wildman–Crippen LogP) is 11.7. The molecule has 0 saturated heterocycles. The molecule has 2 aromatic carbocycles. The summed E-state index contributed by atoms with van der Waals surface area (Å²) in [4.78, 5) is 18.1. The molecule has 0 radical (unpaired) electrons. The summed E-state index contributed by atoms with van der Waals surface area (Å²) >= 11 is 5.17. The number of amides is 1. The van der Waals surface area contributed by atoms with E-state index in [4.69, 9.17) is 19.4 Å². The van der Waals surface area contributed by atoms with E-state index in [1.165, 1.54) is 83.5 Å². The van der Waals surface area contributed by atoms with Crippen molar-refractivity contribution < 1.29 is 24.2 Å². The van der Waals surface area contributed by atoms with Crippen LogP contribution in [-0.4, -0.2) is 37.5 Å². The van der Waals surface area contributed by atoms with Crippen molar-refractivity contribution in [1.82, 2.24) is 4.90 Å². The van der Waals surface area contributed by atoms with E-state index in [1.807, 2.05) is 48.3 Å².